The third-order valence-electron chi connectivity index (χ3n) is 3.69. The van der Waals surface area contributed by atoms with Gasteiger partial charge in [-0.15, -0.1) is 0 Å². The van der Waals surface area contributed by atoms with Gasteiger partial charge in [-0.1, -0.05) is 11.6 Å². The van der Waals surface area contributed by atoms with Gasteiger partial charge in [0.15, 0.2) is 0 Å². The molecule has 2 rings (SSSR count). The van der Waals surface area contributed by atoms with Gasteiger partial charge in [-0.25, -0.2) is 0 Å². The average molecular weight is 379 g/mol. The first-order valence-corrected chi connectivity index (χ1v) is 8.18. The van der Waals surface area contributed by atoms with E-state index in [9.17, 15) is 22.8 Å². The van der Waals surface area contributed by atoms with Crippen molar-refractivity contribution in [3.05, 3.63) is 28.8 Å². The largest absolute Gasteiger partial charge is 0.417 e. The van der Waals surface area contributed by atoms with Crippen molar-refractivity contribution in [2.75, 3.05) is 18.5 Å². The van der Waals surface area contributed by atoms with Crippen LogP contribution < -0.4 is 10.6 Å². The van der Waals surface area contributed by atoms with Crippen molar-refractivity contribution in [3.63, 3.8) is 0 Å². The summed E-state index contributed by atoms with van der Waals surface area (Å²) in [4.78, 5) is 23.5. The van der Waals surface area contributed by atoms with E-state index in [-0.39, 0.29) is 30.7 Å². The normalized spacial score (nSPS) is 17.8. The maximum absolute atomic E-state index is 12.8. The van der Waals surface area contributed by atoms with E-state index in [0.29, 0.717) is 6.61 Å². The van der Waals surface area contributed by atoms with Crippen LogP contribution in [0, 0.1) is 0 Å². The number of nitrogens with one attached hydrogen (secondary N) is 2. The van der Waals surface area contributed by atoms with E-state index >= 15 is 0 Å². The van der Waals surface area contributed by atoms with E-state index in [4.69, 9.17) is 16.3 Å². The lowest BCUT2D eigenvalue weighted by Crippen LogP contribution is -2.35. The monoisotopic (exact) mass is 378 g/mol. The molecule has 1 aromatic carbocycles. The van der Waals surface area contributed by atoms with Crippen LogP contribution in [0.2, 0.25) is 5.02 Å². The third kappa shape index (κ3) is 6.21. The predicted molar refractivity (Wildman–Crippen MR) is 86.3 cm³/mol. The lowest BCUT2D eigenvalue weighted by molar-refractivity contribution is -0.137. The third-order valence-corrected chi connectivity index (χ3v) is 4.02. The lowest BCUT2D eigenvalue weighted by Gasteiger charge is -2.21. The highest BCUT2D eigenvalue weighted by Crippen LogP contribution is 2.36. The molecular formula is C16H18ClF3N2O3. The second-order valence-electron chi connectivity index (χ2n) is 5.71. The number of alkyl halides is 3. The summed E-state index contributed by atoms with van der Waals surface area (Å²) in [6, 6.07) is 3.06. The molecular weight excluding hydrogens is 361 g/mol. The van der Waals surface area contributed by atoms with Crippen LogP contribution in [-0.2, 0) is 20.5 Å². The fourth-order valence-electron chi connectivity index (χ4n) is 2.45. The Bertz CT molecular complexity index is 632. The summed E-state index contributed by atoms with van der Waals surface area (Å²) in [5, 5.41) is 4.27. The van der Waals surface area contributed by atoms with Gasteiger partial charge in [0.05, 0.1) is 29.7 Å². The Morgan fingerprint density at radius 1 is 1.24 bits per heavy atom. The van der Waals surface area contributed by atoms with Crippen molar-refractivity contribution in [3.8, 4) is 0 Å². The minimum atomic E-state index is -4.62. The van der Waals surface area contributed by atoms with Crippen molar-refractivity contribution in [2.45, 2.75) is 38.0 Å². The molecule has 0 radical (unpaired) electrons. The van der Waals surface area contributed by atoms with E-state index < -0.39 is 22.7 Å². The molecule has 0 aliphatic carbocycles. The molecule has 2 amide bonds. The number of hydrogen-bond donors (Lipinski definition) is 2. The van der Waals surface area contributed by atoms with Crippen LogP contribution in [0.3, 0.4) is 0 Å². The van der Waals surface area contributed by atoms with Crippen LogP contribution >= 0.6 is 11.6 Å². The van der Waals surface area contributed by atoms with Gasteiger partial charge in [-0.3, -0.25) is 9.59 Å². The summed E-state index contributed by atoms with van der Waals surface area (Å²) in [7, 11) is 0. The molecule has 1 heterocycles. The van der Waals surface area contributed by atoms with Gasteiger partial charge < -0.3 is 15.4 Å². The maximum atomic E-state index is 12.8. The van der Waals surface area contributed by atoms with Gasteiger partial charge in [0, 0.05) is 12.3 Å². The van der Waals surface area contributed by atoms with E-state index in [1.165, 1.54) is 6.07 Å². The second kappa shape index (κ2) is 8.53. The van der Waals surface area contributed by atoms with Crippen LogP contribution in [0.1, 0.15) is 31.2 Å². The van der Waals surface area contributed by atoms with E-state index in [1.54, 1.807) is 0 Å². The Hall–Kier alpha value is -1.80. The molecule has 9 heteroatoms. The van der Waals surface area contributed by atoms with Crippen LogP contribution in [0.4, 0.5) is 18.9 Å². The van der Waals surface area contributed by atoms with Gasteiger partial charge in [0.1, 0.15) is 0 Å². The molecule has 1 aliphatic rings. The molecule has 0 saturated carbocycles. The predicted octanol–water partition coefficient (Wildman–Crippen LogP) is 3.37. The van der Waals surface area contributed by atoms with Crippen LogP contribution in [0.5, 0.6) is 0 Å². The first kappa shape index (κ1) is 19.5. The Morgan fingerprint density at radius 2 is 2.00 bits per heavy atom. The Morgan fingerprint density at radius 3 is 2.64 bits per heavy atom. The van der Waals surface area contributed by atoms with E-state index in [1.807, 2.05) is 0 Å². The molecule has 138 valence electrons. The summed E-state index contributed by atoms with van der Waals surface area (Å²) in [6.45, 7) is 0.284. The molecule has 5 nitrogen and oxygen atoms in total. The highest BCUT2D eigenvalue weighted by molar-refractivity contribution is 6.31. The summed E-state index contributed by atoms with van der Waals surface area (Å²) in [6.07, 6.45) is -1.84. The maximum Gasteiger partial charge on any atom is 0.417 e. The number of halogens is 4. The average Bonchev–Trinajstić information content (AvgIpc) is 2.55. The molecule has 1 unspecified atom stereocenters. The summed E-state index contributed by atoms with van der Waals surface area (Å²) < 4.78 is 43.8. The fraction of sp³-hybridized carbons (Fsp3) is 0.500. The lowest BCUT2D eigenvalue weighted by atomic mass is 10.1. The number of hydrogen-bond acceptors (Lipinski definition) is 3. The number of ether oxygens (including phenoxy) is 1. The number of carbonyl (C=O) groups excluding carboxylic acids is 2. The molecule has 2 N–H and O–H groups in total. The Kier molecular flexibility index (Phi) is 6.66. The minimum Gasteiger partial charge on any atom is -0.378 e. The van der Waals surface area contributed by atoms with Crippen molar-refractivity contribution in [2.24, 2.45) is 0 Å². The zero-order valence-electron chi connectivity index (χ0n) is 13.3. The van der Waals surface area contributed by atoms with E-state index in [0.717, 1.165) is 31.4 Å². The van der Waals surface area contributed by atoms with Gasteiger partial charge in [0.2, 0.25) is 11.8 Å². The second-order valence-corrected chi connectivity index (χ2v) is 6.12. The van der Waals surface area contributed by atoms with Crippen molar-refractivity contribution < 1.29 is 27.5 Å². The minimum absolute atomic E-state index is 0.0495. The summed E-state index contributed by atoms with van der Waals surface area (Å²) in [5.41, 5.74) is -1.09. The molecule has 0 bridgehead atoms. The van der Waals surface area contributed by atoms with E-state index in [2.05, 4.69) is 10.6 Å². The van der Waals surface area contributed by atoms with Gasteiger partial charge in [-0.05, 0) is 37.5 Å². The molecule has 25 heavy (non-hydrogen) atoms. The molecule has 1 fully saturated rings. The first-order chi connectivity index (χ1) is 11.8. The SMILES string of the molecule is O=C(CC1CCCCO1)NCC(=O)Nc1ccc(Cl)c(C(F)(F)F)c1. The van der Waals surface area contributed by atoms with Crippen LogP contribution in [0.25, 0.3) is 0 Å². The molecule has 1 aliphatic heterocycles. The zero-order valence-corrected chi connectivity index (χ0v) is 14.0. The van der Waals surface area contributed by atoms with Crippen molar-refractivity contribution >= 4 is 29.1 Å². The summed E-state index contributed by atoms with van der Waals surface area (Å²) in [5.74, 6) is -0.970. The number of amides is 2. The quantitative estimate of drug-likeness (QED) is 0.825. The smallest absolute Gasteiger partial charge is 0.378 e. The molecule has 1 aromatic rings. The zero-order chi connectivity index (χ0) is 18.4. The van der Waals surface area contributed by atoms with Gasteiger partial charge in [-0.2, -0.15) is 13.2 Å². The number of rotatable bonds is 5. The highest BCUT2D eigenvalue weighted by Gasteiger charge is 2.33. The Balaban J connectivity index is 1.83. The number of benzene rings is 1. The molecule has 0 spiro atoms. The fourth-order valence-corrected chi connectivity index (χ4v) is 2.68. The van der Waals surface area contributed by atoms with Crippen molar-refractivity contribution in [1.82, 2.24) is 5.32 Å². The number of carbonyl (C=O) groups is 2. The van der Waals surface area contributed by atoms with Gasteiger partial charge >= 0.3 is 6.18 Å². The van der Waals surface area contributed by atoms with Gasteiger partial charge in [0.25, 0.3) is 0 Å². The Labute approximate surface area is 147 Å². The molecule has 1 saturated heterocycles. The molecule has 1 atom stereocenters. The van der Waals surface area contributed by atoms with Crippen LogP contribution in [0.15, 0.2) is 18.2 Å². The first-order valence-electron chi connectivity index (χ1n) is 7.80. The topological polar surface area (TPSA) is 67.4 Å². The van der Waals surface area contributed by atoms with Crippen molar-refractivity contribution in [1.29, 1.82) is 0 Å². The summed E-state index contributed by atoms with van der Waals surface area (Å²) >= 11 is 5.51. The standard InChI is InChI=1S/C16H18ClF3N2O3/c17-13-5-4-10(7-12(13)16(18,19)20)22-15(24)9-21-14(23)8-11-3-1-2-6-25-11/h4-5,7,11H,1-3,6,8-9H2,(H,21,23)(H,22,24). The number of anilines is 1. The molecule has 0 aromatic heterocycles. The highest BCUT2D eigenvalue weighted by atomic mass is 35.5. The van der Waals surface area contributed by atoms with Crippen LogP contribution in [-0.4, -0.2) is 31.1 Å².